The second kappa shape index (κ2) is 8.35. The molecule has 1 aliphatic rings. The van der Waals surface area contributed by atoms with E-state index in [-0.39, 0.29) is 18.5 Å². The quantitative estimate of drug-likeness (QED) is 0.644. The lowest BCUT2D eigenvalue weighted by molar-refractivity contribution is 0.0277. The molecule has 7 heteroatoms. The first-order valence-electron chi connectivity index (χ1n) is 8.59. The molecule has 27 heavy (non-hydrogen) atoms. The van der Waals surface area contributed by atoms with E-state index in [1.54, 1.807) is 12.1 Å². The number of nitrogens with two attached hydrogens (primary N) is 1. The lowest BCUT2D eigenvalue weighted by atomic mass is 10.0. The van der Waals surface area contributed by atoms with Crippen LogP contribution in [0.4, 0.5) is 0 Å². The Morgan fingerprint density at radius 1 is 1.07 bits per heavy atom. The molecule has 0 spiro atoms. The number of carbonyl (C=O) groups is 1. The number of primary amides is 1. The SMILES string of the molecule is Cl.NC(=O)c1ccc(-c2cc(-c3ccc([C@H]4CNCCO4)cc3)n[nH]2)cc1. The highest BCUT2D eigenvalue weighted by molar-refractivity contribution is 5.93. The molecule has 2 aromatic carbocycles. The van der Waals surface area contributed by atoms with Crippen molar-refractivity contribution in [1.29, 1.82) is 0 Å². The van der Waals surface area contributed by atoms with Crippen molar-refractivity contribution in [2.45, 2.75) is 6.10 Å². The highest BCUT2D eigenvalue weighted by Crippen LogP contribution is 2.26. The van der Waals surface area contributed by atoms with Crippen molar-refractivity contribution >= 4 is 18.3 Å². The minimum absolute atomic E-state index is 0. The molecule has 1 fully saturated rings. The minimum Gasteiger partial charge on any atom is -0.371 e. The van der Waals surface area contributed by atoms with Crippen molar-refractivity contribution in [3.8, 4) is 22.5 Å². The van der Waals surface area contributed by atoms with Crippen molar-refractivity contribution in [2.75, 3.05) is 19.7 Å². The van der Waals surface area contributed by atoms with Crippen LogP contribution in [0.25, 0.3) is 22.5 Å². The number of halogens is 1. The summed E-state index contributed by atoms with van der Waals surface area (Å²) in [5.74, 6) is -0.431. The number of amides is 1. The largest absolute Gasteiger partial charge is 0.371 e. The fourth-order valence-electron chi connectivity index (χ4n) is 3.08. The predicted molar refractivity (Wildman–Crippen MR) is 107 cm³/mol. The van der Waals surface area contributed by atoms with E-state index >= 15 is 0 Å². The number of hydrogen-bond acceptors (Lipinski definition) is 4. The number of rotatable bonds is 4. The molecule has 1 aromatic heterocycles. The predicted octanol–water partition coefficient (Wildman–Crippen LogP) is 2.93. The van der Waals surface area contributed by atoms with Crippen LogP contribution in [0.15, 0.2) is 54.6 Å². The third kappa shape index (κ3) is 4.19. The molecular formula is C20H21ClN4O2. The molecule has 140 valence electrons. The Balaban J connectivity index is 0.00000210. The summed E-state index contributed by atoms with van der Waals surface area (Å²) < 4.78 is 5.78. The zero-order chi connectivity index (χ0) is 17.9. The molecular weight excluding hydrogens is 364 g/mol. The van der Waals surface area contributed by atoms with E-state index < -0.39 is 5.91 Å². The van der Waals surface area contributed by atoms with Crippen LogP contribution < -0.4 is 11.1 Å². The summed E-state index contributed by atoms with van der Waals surface area (Å²) in [6.07, 6.45) is 0.108. The normalized spacial score (nSPS) is 16.5. The van der Waals surface area contributed by atoms with Gasteiger partial charge in [0, 0.05) is 24.2 Å². The van der Waals surface area contributed by atoms with Crippen molar-refractivity contribution in [3.05, 3.63) is 65.7 Å². The van der Waals surface area contributed by atoms with E-state index in [4.69, 9.17) is 10.5 Å². The number of benzene rings is 2. The summed E-state index contributed by atoms with van der Waals surface area (Å²) in [4.78, 5) is 11.2. The number of H-pyrrole nitrogens is 1. The molecule has 1 atom stereocenters. The first-order valence-corrected chi connectivity index (χ1v) is 8.59. The molecule has 2 heterocycles. The molecule has 0 bridgehead atoms. The monoisotopic (exact) mass is 384 g/mol. The van der Waals surface area contributed by atoms with Gasteiger partial charge in [0.1, 0.15) is 0 Å². The van der Waals surface area contributed by atoms with E-state index in [0.717, 1.165) is 42.2 Å². The van der Waals surface area contributed by atoms with Crippen LogP contribution in [0.1, 0.15) is 22.0 Å². The summed E-state index contributed by atoms with van der Waals surface area (Å²) in [7, 11) is 0. The number of nitrogens with zero attached hydrogens (tertiary/aromatic N) is 1. The molecule has 4 N–H and O–H groups in total. The lowest BCUT2D eigenvalue weighted by Crippen LogP contribution is -2.33. The van der Waals surface area contributed by atoms with Crippen LogP contribution in [0.5, 0.6) is 0 Å². The first kappa shape index (κ1) is 19.1. The standard InChI is InChI=1S/C20H20N4O2.ClH/c21-20(25)16-7-3-14(4-8-16)18-11-17(23-24-18)13-1-5-15(6-2-13)19-12-22-9-10-26-19;/h1-8,11,19,22H,9-10,12H2,(H2,21,25)(H,23,24);1H/t19-;/m1./s1. The van der Waals surface area contributed by atoms with Crippen molar-refractivity contribution < 1.29 is 9.53 Å². The van der Waals surface area contributed by atoms with Crippen LogP contribution in [0, 0.1) is 0 Å². The summed E-state index contributed by atoms with van der Waals surface area (Å²) in [6, 6.07) is 17.4. The molecule has 0 saturated carbocycles. The maximum absolute atomic E-state index is 11.2. The number of hydrogen-bond donors (Lipinski definition) is 3. The van der Waals surface area contributed by atoms with E-state index in [9.17, 15) is 4.79 Å². The molecule has 4 rings (SSSR count). The van der Waals surface area contributed by atoms with E-state index in [1.165, 1.54) is 5.56 Å². The second-order valence-corrected chi connectivity index (χ2v) is 6.29. The molecule has 0 radical (unpaired) electrons. The molecule has 0 aliphatic carbocycles. The van der Waals surface area contributed by atoms with Gasteiger partial charge in [-0.1, -0.05) is 36.4 Å². The Kier molecular flexibility index (Phi) is 5.91. The minimum atomic E-state index is -0.431. The number of aromatic amines is 1. The number of carbonyl (C=O) groups excluding carboxylic acids is 1. The van der Waals surface area contributed by atoms with E-state index in [1.807, 2.05) is 18.2 Å². The van der Waals surface area contributed by atoms with Gasteiger partial charge in [-0.2, -0.15) is 5.10 Å². The van der Waals surface area contributed by atoms with Gasteiger partial charge in [-0.05, 0) is 29.3 Å². The molecule has 1 aliphatic heterocycles. The number of morpholine rings is 1. The fraction of sp³-hybridized carbons (Fsp3) is 0.200. The molecule has 3 aromatic rings. The molecule has 6 nitrogen and oxygen atoms in total. The number of nitrogens with one attached hydrogen (secondary N) is 2. The smallest absolute Gasteiger partial charge is 0.248 e. The van der Waals surface area contributed by atoms with Crippen LogP contribution in [-0.2, 0) is 4.74 Å². The van der Waals surface area contributed by atoms with Gasteiger partial charge in [0.05, 0.1) is 24.1 Å². The third-order valence-corrected chi connectivity index (χ3v) is 4.56. The molecule has 1 amide bonds. The average molecular weight is 385 g/mol. The summed E-state index contributed by atoms with van der Waals surface area (Å²) in [5.41, 5.74) is 10.7. The van der Waals surface area contributed by atoms with Crippen LogP contribution >= 0.6 is 12.4 Å². The lowest BCUT2D eigenvalue weighted by Gasteiger charge is -2.24. The second-order valence-electron chi connectivity index (χ2n) is 6.29. The zero-order valence-corrected chi connectivity index (χ0v) is 15.5. The van der Waals surface area contributed by atoms with Gasteiger partial charge in [-0.25, -0.2) is 0 Å². The van der Waals surface area contributed by atoms with Crippen LogP contribution in [0.3, 0.4) is 0 Å². The zero-order valence-electron chi connectivity index (χ0n) is 14.6. The van der Waals surface area contributed by atoms with E-state index in [0.29, 0.717) is 5.56 Å². The summed E-state index contributed by atoms with van der Waals surface area (Å²) in [6.45, 7) is 2.49. The number of ether oxygens (including phenoxy) is 1. The maximum Gasteiger partial charge on any atom is 0.248 e. The van der Waals surface area contributed by atoms with Gasteiger partial charge in [0.2, 0.25) is 5.91 Å². The van der Waals surface area contributed by atoms with Crippen LogP contribution in [0.2, 0.25) is 0 Å². The topological polar surface area (TPSA) is 93.0 Å². The Bertz CT molecular complexity index is 900. The Morgan fingerprint density at radius 2 is 1.78 bits per heavy atom. The summed E-state index contributed by atoms with van der Waals surface area (Å²) in [5, 5.41) is 10.8. The van der Waals surface area contributed by atoms with Crippen molar-refractivity contribution in [1.82, 2.24) is 15.5 Å². The Hall–Kier alpha value is -2.67. The van der Waals surface area contributed by atoms with Gasteiger partial charge < -0.3 is 15.8 Å². The first-order chi connectivity index (χ1) is 12.7. The van der Waals surface area contributed by atoms with Crippen molar-refractivity contribution in [3.63, 3.8) is 0 Å². The van der Waals surface area contributed by atoms with E-state index in [2.05, 4.69) is 39.8 Å². The van der Waals surface area contributed by atoms with Gasteiger partial charge in [0.15, 0.2) is 0 Å². The van der Waals surface area contributed by atoms with Gasteiger partial charge >= 0.3 is 0 Å². The average Bonchev–Trinajstić information content (AvgIpc) is 3.19. The van der Waals surface area contributed by atoms with Gasteiger partial charge in [-0.3, -0.25) is 9.89 Å². The third-order valence-electron chi connectivity index (χ3n) is 4.56. The Morgan fingerprint density at radius 3 is 2.41 bits per heavy atom. The van der Waals surface area contributed by atoms with Crippen LogP contribution in [-0.4, -0.2) is 35.8 Å². The van der Waals surface area contributed by atoms with Crippen molar-refractivity contribution in [2.24, 2.45) is 5.73 Å². The maximum atomic E-state index is 11.2. The molecule has 0 unspecified atom stereocenters. The Labute approximate surface area is 163 Å². The molecule has 1 saturated heterocycles. The van der Waals surface area contributed by atoms with Gasteiger partial charge in [0.25, 0.3) is 0 Å². The fourth-order valence-corrected chi connectivity index (χ4v) is 3.08. The summed E-state index contributed by atoms with van der Waals surface area (Å²) >= 11 is 0. The number of aromatic nitrogens is 2. The van der Waals surface area contributed by atoms with Gasteiger partial charge in [-0.15, -0.1) is 12.4 Å². The highest BCUT2D eigenvalue weighted by Gasteiger charge is 2.15. The highest BCUT2D eigenvalue weighted by atomic mass is 35.5.